The van der Waals surface area contributed by atoms with Crippen molar-refractivity contribution in [1.29, 1.82) is 0 Å². The molecule has 40 heavy (non-hydrogen) atoms. The van der Waals surface area contributed by atoms with E-state index in [0.29, 0.717) is 18.4 Å². The van der Waals surface area contributed by atoms with Crippen LogP contribution < -0.4 is 0 Å². The highest BCUT2D eigenvalue weighted by atomic mass is 19.1. The predicted octanol–water partition coefficient (Wildman–Crippen LogP) is 6.03. The maximum Gasteiger partial charge on any atom is 0.320 e. The number of fused-ring (bicyclic) bond motifs is 1. The van der Waals surface area contributed by atoms with Gasteiger partial charge in [0.25, 0.3) is 0 Å². The molecule has 0 spiro atoms. The Kier molecular flexibility index (Phi) is 8.49. The van der Waals surface area contributed by atoms with Gasteiger partial charge in [-0.05, 0) is 92.8 Å². The molecule has 3 heterocycles. The van der Waals surface area contributed by atoms with E-state index in [9.17, 15) is 14.3 Å². The van der Waals surface area contributed by atoms with E-state index in [4.69, 9.17) is 0 Å². The lowest BCUT2D eigenvalue weighted by Gasteiger charge is -2.35. The zero-order valence-electron chi connectivity index (χ0n) is 23.5. The van der Waals surface area contributed by atoms with Crippen molar-refractivity contribution in [2.24, 2.45) is 17.8 Å². The summed E-state index contributed by atoms with van der Waals surface area (Å²) >= 11 is 0. The molecule has 2 aliphatic heterocycles. The van der Waals surface area contributed by atoms with Crippen molar-refractivity contribution in [3.63, 3.8) is 0 Å². The summed E-state index contributed by atoms with van der Waals surface area (Å²) in [5.41, 5.74) is 3.30. The second kappa shape index (κ2) is 12.4. The van der Waals surface area contributed by atoms with Crippen LogP contribution in [0.4, 0.5) is 4.39 Å². The number of likely N-dealkylation sites (tertiary alicyclic amines) is 2. The van der Waals surface area contributed by atoms with Gasteiger partial charge in [0.15, 0.2) is 0 Å². The standard InChI is InChI=1S/C33H43FN4O2/c34-28-10-4-9-26(19-28)29-22-38(32(33(39)40)18-25-6-3-7-25)21-27(29)20-36-16-13-24(14-17-36)8-5-15-37-23-35-30-11-1-2-12-31(30)37/h1-2,4,9-12,19,23-25,27,29,32H,3,5-8,13-18,20-22H2,(H,39,40)/t27-,29+,32+/m0/s1. The molecule has 1 saturated carbocycles. The molecule has 6 nitrogen and oxygen atoms in total. The molecule has 0 radical (unpaired) electrons. The number of carbonyl (C=O) groups is 1. The van der Waals surface area contributed by atoms with Crippen molar-refractivity contribution >= 4 is 17.0 Å². The molecule has 7 heteroatoms. The SMILES string of the molecule is O=C(O)[C@@H](CC1CCC1)N1C[C@H](CN2CCC(CCCn3cnc4ccccc43)CC2)[C@@H](c2cccc(F)c2)C1. The minimum Gasteiger partial charge on any atom is -0.480 e. The Morgan fingerprint density at radius 1 is 1.02 bits per heavy atom. The van der Waals surface area contributed by atoms with Gasteiger partial charge in [-0.1, -0.05) is 43.5 Å². The summed E-state index contributed by atoms with van der Waals surface area (Å²) in [6, 6.07) is 14.9. The number of aromatic nitrogens is 2. The summed E-state index contributed by atoms with van der Waals surface area (Å²) in [4.78, 5) is 21.6. The van der Waals surface area contributed by atoms with E-state index in [-0.39, 0.29) is 11.7 Å². The summed E-state index contributed by atoms with van der Waals surface area (Å²) in [5.74, 6) is 0.875. The smallest absolute Gasteiger partial charge is 0.320 e. The minimum atomic E-state index is -0.699. The highest BCUT2D eigenvalue weighted by Gasteiger charge is 2.41. The molecule has 0 amide bonds. The van der Waals surface area contributed by atoms with Crippen molar-refractivity contribution in [3.05, 3.63) is 66.2 Å². The van der Waals surface area contributed by atoms with Gasteiger partial charge >= 0.3 is 5.97 Å². The minimum absolute atomic E-state index is 0.168. The molecule has 214 valence electrons. The molecule has 3 aromatic rings. The third-order valence-corrected chi connectivity index (χ3v) is 9.99. The monoisotopic (exact) mass is 546 g/mol. The summed E-state index contributed by atoms with van der Waals surface area (Å²) < 4.78 is 16.5. The van der Waals surface area contributed by atoms with Crippen molar-refractivity contribution in [1.82, 2.24) is 19.4 Å². The number of hydrogen-bond acceptors (Lipinski definition) is 4. The molecule has 1 N–H and O–H groups in total. The maximum absolute atomic E-state index is 14.2. The van der Waals surface area contributed by atoms with Crippen LogP contribution in [0.3, 0.4) is 0 Å². The highest BCUT2D eigenvalue weighted by molar-refractivity contribution is 5.75. The number of aliphatic carboxylic acids is 1. The van der Waals surface area contributed by atoms with Crippen LogP contribution in [0.15, 0.2) is 54.9 Å². The number of benzene rings is 2. The molecule has 1 aromatic heterocycles. The lowest BCUT2D eigenvalue weighted by molar-refractivity contribution is -0.144. The van der Waals surface area contributed by atoms with Gasteiger partial charge in [-0.15, -0.1) is 0 Å². The Morgan fingerprint density at radius 2 is 1.85 bits per heavy atom. The van der Waals surface area contributed by atoms with E-state index in [1.165, 1.54) is 43.7 Å². The number of imidazole rings is 1. The first kappa shape index (κ1) is 27.4. The summed E-state index contributed by atoms with van der Waals surface area (Å²) in [6.45, 7) is 5.65. The normalized spacial score (nSPS) is 23.9. The van der Waals surface area contributed by atoms with Gasteiger partial charge in [0.2, 0.25) is 0 Å². The van der Waals surface area contributed by atoms with E-state index < -0.39 is 12.0 Å². The molecule has 3 atom stereocenters. The molecular weight excluding hydrogens is 503 g/mol. The summed E-state index contributed by atoms with van der Waals surface area (Å²) in [7, 11) is 0. The van der Waals surface area contributed by atoms with Crippen LogP contribution in [0.2, 0.25) is 0 Å². The predicted molar refractivity (Wildman–Crippen MR) is 156 cm³/mol. The van der Waals surface area contributed by atoms with Gasteiger partial charge < -0.3 is 14.6 Å². The average molecular weight is 547 g/mol. The number of hydrogen-bond donors (Lipinski definition) is 1. The number of carboxylic acid groups (broad SMARTS) is 1. The lowest BCUT2D eigenvalue weighted by Crippen LogP contribution is -2.43. The molecule has 3 aliphatic rings. The van der Waals surface area contributed by atoms with Crippen LogP contribution >= 0.6 is 0 Å². The van der Waals surface area contributed by atoms with Gasteiger partial charge in [0, 0.05) is 32.1 Å². The number of carboxylic acids is 1. The Morgan fingerprint density at radius 3 is 2.60 bits per heavy atom. The molecule has 0 unspecified atom stereocenters. The first-order valence-electron chi connectivity index (χ1n) is 15.4. The van der Waals surface area contributed by atoms with Gasteiger partial charge in [-0.3, -0.25) is 9.69 Å². The van der Waals surface area contributed by atoms with Gasteiger partial charge in [0.05, 0.1) is 17.4 Å². The zero-order valence-corrected chi connectivity index (χ0v) is 23.5. The quantitative estimate of drug-likeness (QED) is 0.318. The second-order valence-electron chi connectivity index (χ2n) is 12.6. The van der Waals surface area contributed by atoms with Crippen molar-refractivity contribution in [3.8, 4) is 0 Å². The van der Waals surface area contributed by atoms with Crippen LogP contribution in [-0.4, -0.2) is 69.2 Å². The number of piperidine rings is 1. The Bertz CT molecular complexity index is 1280. The number of aryl methyl sites for hydroxylation is 1. The van der Waals surface area contributed by atoms with E-state index in [1.807, 2.05) is 18.5 Å². The molecule has 6 rings (SSSR count). The van der Waals surface area contributed by atoms with Gasteiger partial charge in [-0.2, -0.15) is 0 Å². The lowest BCUT2D eigenvalue weighted by atomic mass is 9.80. The fourth-order valence-electron chi connectivity index (χ4n) is 7.44. The maximum atomic E-state index is 14.2. The van der Waals surface area contributed by atoms with Gasteiger partial charge in [-0.25, -0.2) is 9.37 Å². The first-order valence-corrected chi connectivity index (χ1v) is 15.4. The van der Waals surface area contributed by atoms with E-state index in [2.05, 4.69) is 37.5 Å². The van der Waals surface area contributed by atoms with E-state index in [1.54, 1.807) is 12.1 Å². The first-order chi connectivity index (χ1) is 19.5. The topological polar surface area (TPSA) is 61.6 Å². The number of para-hydroxylation sites is 2. The van der Waals surface area contributed by atoms with Crippen LogP contribution in [0.5, 0.6) is 0 Å². The Labute approximate surface area is 237 Å². The summed E-state index contributed by atoms with van der Waals surface area (Å²) in [5, 5.41) is 10.1. The zero-order chi connectivity index (χ0) is 27.5. The second-order valence-corrected chi connectivity index (χ2v) is 12.6. The number of rotatable bonds is 11. The molecule has 2 aromatic carbocycles. The van der Waals surface area contributed by atoms with Crippen molar-refractivity contribution in [2.45, 2.75) is 69.9 Å². The molecule has 2 saturated heterocycles. The van der Waals surface area contributed by atoms with Crippen molar-refractivity contribution in [2.75, 3.05) is 32.7 Å². The third kappa shape index (κ3) is 6.26. The van der Waals surface area contributed by atoms with Crippen LogP contribution in [0.1, 0.15) is 62.8 Å². The number of nitrogens with zero attached hydrogens (tertiary/aromatic N) is 4. The average Bonchev–Trinajstić information content (AvgIpc) is 3.53. The Hall–Kier alpha value is -2.77. The third-order valence-electron chi connectivity index (χ3n) is 9.99. The molecule has 0 bridgehead atoms. The fourth-order valence-corrected chi connectivity index (χ4v) is 7.44. The molecule has 1 aliphatic carbocycles. The van der Waals surface area contributed by atoms with Crippen molar-refractivity contribution < 1.29 is 14.3 Å². The largest absolute Gasteiger partial charge is 0.480 e. The van der Waals surface area contributed by atoms with Crippen LogP contribution in [0.25, 0.3) is 11.0 Å². The number of halogens is 1. The van der Waals surface area contributed by atoms with E-state index >= 15 is 0 Å². The fraction of sp³-hybridized carbons (Fsp3) is 0.576. The Balaban J connectivity index is 1.04. The summed E-state index contributed by atoms with van der Waals surface area (Å²) in [6.07, 6.45) is 11.1. The van der Waals surface area contributed by atoms with Crippen LogP contribution in [-0.2, 0) is 11.3 Å². The molecule has 3 fully saturated rings. The van der Waals surface area contributed by atoms with Gasteiger partial charge in [0.1, 0.15) is 11.9 Å². The highest BCUT2D eigenvalue weighted by Crippen LogP contribution is 2.38. The van der Waals surface area contributed by atoms with Crippen LogP contribution in [0, 0.1) is 23.6 Å². The molecular formula is C33H43FN4O2. The van der Waals surface area contributed by atoms with E-state index in [0.717, 1.165) is 69.0 Å².